The van der Waals surface area contributed by atoms with Crippen LogP contribution in [0.3, 0.4) is 0 Å². The van der Waals surface area contributed by atoms with Gasteiger partial charge in [-0.25, -0.2) is 4.79 Å². The SMILES string of the molecule is CCCCC(C(=O)O)N1C(=O)/C(=C\c2ccn(C)c2)SC1=S. The van der Waals surface area contributed by atoms with Crippen molar-refractivity contribution in [2.75, 3.05) is 0 Å². The third kappa shape index (κ3) is 3.59. The van der Waals surface area contributed by atoms with Crippen LogP contribution in [-0.2, 0) is 16.6 Å². The first-order valence-electron chi connectivity index (χ1n) is 7.06. The Morgan fingerprint density at radius 2 is 2.27 bits per heavy atom. The van der Waals surface area contributed by atoms with Crippen LogP contribution in [0.15, 0.2) is 23.4 Å². The lowest BCUT2D eigenvalue weighted by Crippen LogP contribution is -2.43. The highest BCUT2D eigenvalue weighted by Crippen LogP contribution is 2.35. The van der Waals surface area contributed by atoms with E-state index in [4.69, 9.17) is 12.2 Å². The number of thiocarbonyl (C=S) groups is 1. The van der Waals surface area contributed by atoms with Crippen molar-refractivity contribution in [2.24, 2.45) is 7.05 Å². The molecule has 0 aliphatic carbocycles. The molecule has 2 heterocycles. The third-order valence-corrected chi connectivity index (χ3v) is 4.73. The molecule has 0 spiro atoms. The molecule has 1 aliphatic heterocycles. The lowest BCUT2D eigenvalue weighted by molar-refractivity contribution is -0.145. The number of hydrogen-bond donors (Lipinski definition) is 1. The molecule has 0 aromatic carbocycles. The second-order valence-corrected chi connectivity index (χ2v) is 6.83. The van der Waals surface area contributed by atoms with Gasteiger partial charge in [-0.1, -0.05) is 43.7 Å². The predicted molar refractivity (Wildman–Crippen MR) is 91.4 cm³/mol. The maximum Gasteiger partial charge on any atom is 0.326 e. The highest BCUT2D eigenvalue weighted by molar-refractivity contribution is 8.26. The average Bonchev–Trinajstić information content (AvgIpc) is 2.97. The zero-order chi connectivity index (χ0) is 16.3. The van der Waals surface area contributed by atoms with Gasteiger partial charge < -0.3 is 9.67 Å². The summed E-state index contributed by atoms with van der Waals surface area (Å²) in [5.41, 5.74) is 0.892. The molecule has 1 aromatic heterocycles. The number of amides is 1. The van der Waals surface area contributed by atoms with Crippen molar-refractivity contribution in [3.8, 4) is 0 Å². The molecule has 1 N–H and O–H groups in total. The van der Waals surface area contributed by atoms with E-state index in [-0.39, 0.29) is 5.91 Å². The van der Waals surface area contributed by atoms with Crippen molar-refractivity contribution in [2.45, 2.75) is 32.2 Å². The number of aliphatic carboxylic acids is 1. The van der Waals surface area contributed by atoms with E-state index < -0.39 is 12.0 Å². The minimum atomic E-state index is -1.01. The molecule has 1 fully saturated rings. The van der Waals surface area contributed by atoms with Crippen molar-refractivity contribution in [1.82, 2.24) is 9.47 Å². The number of hydrogen-bond acceptors (Lipinski definition) is 4. The standard InChI is InChI=1S/C15H18N2O3S2/c1-3-4-5-11(14(19)20)17-13(18)12(22-15(17)21)8-10-6-7-16(2)9-10/h6-9,11H,3-5H2,1-2H3,(H,19,20)/b12-8+. The van der Waals surface area contributed by atoms with Gasteiger partial charge in [0, 0.05) is 19.4 Å². The summed E-state index contributed by atoms with van der Waals surface area (Å²) in [7, 11) is 1.90. The van der Waals surface area contributed by atoms with Crippen LogP contribution in [-0.4, -0.2) is 36.8 Å². The summed E-state index contributed by atoms with van der Waals surface area (Å²) in [6.07, 6.45) is 7.55. The van der Waals surface area contributed by atoms with Gasteiger partial charge in [0.1, 0.15) is 10.4 Å². The summed E-state index contributed by atoms with van der Waals surface area (Å²) in [6, 6.07) is 1.01. The minimum absolute atomic E-state index is 0.315. The molecule has 22 heavy (non-hydrogen) atoms. The van der Waals surface area contributed by atoms with Crippen molar-refractivity contribution >= 4 is 46.3 Å². The van der Waals surface area contributed by atoms with E-state index in [0.717, 1.165) is 30.2 Å². The minimum Gasteiger partial charge on any atom is -0.480 e. The quantitative estimate of drug-likeness (QED) is 0.638. The number of carbonyl (C=O) groups excluding carboxylic acids is 1. The highest BCUT2D eigenvalue weighted by atomic mass is 32.2. The molecule has 2 rings (SSSR count). The topological polar surface area (TPSA) is 62.5 Å². The number of nitrogens with zero attached hydrogens (tertiary/aromatic N) is 2. The zero-order valence-electron chi connectivity index (χ0n) is 12.5. The van der Waals surface area contributed by atoms with Gasteiger partial charge in [0.2, 0.25) is 0 Å². The van der Waals surface area contributed by atoms with Crippen LogP contribution in [0.5, 0.6) is 0 Å². The largest absolute Gasteiger partial charge is 0.480 e. The molecule has 7 heteroatoms. The number of aromatic nitrogens is 1. The first-order valence-corrected chi connectivity index (χ1v) is 8.28. The van der Waals surface area contributed by atoms with Crippen molar-refractivity contribution in [3.05, 3.63) is 28.9 Å². The van der Waals surface area contributed by atoms with Gasteiger partial charge in [-0.15, -0.1) is 0 Å². The van der Waals surface area contributed by atoms with Crippen LogP contribution < -0.4 is 0 Å². The lowest BCUT2D eigenvalue weighted by atomic mass is 10.1. The number of rotatable bonds is 6. The Bertz CT molecular complexity index is 636. The Kier molecular flexibility index (Phi) is 5.42. The number of unbranched alkanes of at least 4 members (excludes halogenated alkanes) is 1. The Balaban J connectivity index is 2.23. The summed E-state index contributed by atoms with van der Waals surface area (Å²) in [4.78, 5) is 25.7. The van der Waals surface area contributed by atoms with E-state index in [1.165, 1.54) is 4.90 Å². The Morgan fingerprint density at radius 1 is 1.55 bits per heavy atom. The van der Waals surface area contributed by atoms with Gasteiger partial charge in [-0.3, -0.25) is 9.69 Å². The molecule has 1 atom stereocenters. The lowest BCUT2D eigenvalue weighted by Gasteiger charge is -2.22. The maximum atomic E-state index is 12.5. The van der Waals surface area contributed by atoms with Gasteiger partial charge in [0.05, 0.1) is 4.91 Å². The molecule has 1 unspecified atom stereocenters. The number of carbonyl (C=O) groups is 2. The normalized spacial score (nSPS) is 18.3. The maximum absolute atomic E-state index is 12.5. The van der Waals surface area contributed by atoms with E-state index in [2.05, 4.69) is 0 Å². The predicted octanol–water partition coefficient (Wildman–Crippen LogP) is 2.87. The van der Waals surface area contributed by atoms with Crippen molar-refractivity contribution in [1.29, 1.82) is 0 Å². The first-order chi connectivity index (χ1) is 10.4. The molecule has 5 nitrogen and oxygen atoms in total. The van der Waals surface area contributed by atoms with Gasteiger partial charge >= 0.3 is 5.97 Å². The molecule has 1 saturated heterocycles. The number of carboxylic acid groups (broad SMARTS) is 1. The highest BCUT2D eigenvalue weighted by Gasteiger charge is 2.40. The van der Waals surface area contributed by atoms with Crippen LogP contribution in [0, 0.1) is 0 Å². The monoisotopic (exact) mass is 338 g/mol. The molecule has 0 radical (unpaired) electrons. The Hall–Kier alpha value is -1.60. The van der Waals surface area contributed by atoms with Crippen LogP contribution in [0.2, 0.25) is 0 Å². The van der Waals surface area contributed by atoms with E-state index >= 15 is 0 Å². The van der Waals surface area contributed by atoms with Gasteiger partial charge in [0.25, 0.3) is 5.91 Å². The molecule has 0 bridgehead atoms. The van der Waals surface area contributed by atoms with Gasteiger partial charge in [0.15, 0.2) is 0 Å². The number of carboxylic acids is 1. The molecular formula is C15H18N2O3S2. The average molecular weight is 338 g/mol. The second-order valence-electron chi connectivity index (χ2n) is 5.16. The molecule has 0 saturated carbocycles. The van der Waals surface area contributed by atoms with Gasteiger partial charge in [-0.05, 0) is 24.1 Å². The van der Waals surface area contributed by atoms with E-state index in [9.17, 15) is 14.7 Å². The summed E-state index contributed by atoms with van der Waals surface area (Å²) < 4.78 is 2.20. The second kappa shape index (κ2) is 7.11. The van der Waals surface area contributed by atoms with E-state index in [1.807, 2.05) is 37.0 Å². The Labute approximate surface area is 139 Å². The summed E-state index contributed by atoms with van der Waals surface area (Å²) >= 11 is 6.38. The summed E-state index contributed by atoms with van der Waals surface area (Å²) in [6.45, 7) is 1.98. The van der Waals surface area contributed by atoms with Crippen LogP contribution >= 0.6 is 24.0 Å². The molecular weight excluding hydrogens is 320 g/mol. The van der Waals surface area contributed by atoms with Crippen LogP contribution in [0.4, 0.5) is 0 Å². The van der Waals surface area contributed by atoms with Crippen molar-refractivity contribution < 1.29 is 14.7 Å². The fraction of sp³-hybridized carbons (Fsp3) is 0.400. The van der Waals surface area contributed by atoms with Crippen LogP contribution in [0.1, 0.15) is 31.7 Å². The van der Waals surface area contributed by atoms with Gasteiger partial charge in [-0.2, -0.15) is 0 Å². The third-order valence-electron chi connectivity index (χ3n) is 3.40. The van der Waals surface area contributed by atoms with E-state index in [0.29, 0.717) is 15.6 Å². The van der Waals surface area contributed by atoms with Crippen molar-refractivity contribution in [3.63, 3.8) is 0 Å². The molecule has 1 aromatic rings. The summed E-state index contributed by atoms with van der Waals surface area (Å²) in [5.74, 6) is -1.33. The number of thioether (sulfide) groups is 1. The van der Waals surface area contributed by atoms with E-state index in [1.54, 1.807) is 6.08 Å². The zero-order valence-corrected chi connectivity index (χ0v) is 14.1. The summed E-state index contributed by atoms with van der Waals surface area (Å²) in [5, 5.41) is 9.39. The molecule has 118 valence electrons. The fourth-order valence-corrected chi connectivity index (χ4v) is 3.63. The van der Waals surface area contributed by atoms with Crippen LogP contribution in [0.25, 0.3) is 6.08 Å². The molecule has 1 amide bonds. The fourth-order valence-electron chi connectivity index (χ4n) is 2.27. The Morgan fingerprint density at radius 3 is 2.82 bits per heavy atom. The molecule has 1 aliphatic rings. The number of aryl methyl sites for hydroxylation is 1. The smallest absolute Gasteiger partial charge is 0.326 e. The first kappa shape index (κ1) is 16.8.